The summed E-state index contributed by atoms with van der Waals surface area (Å²) in [5, 5.41) is 3.79. The van der Waals surface area contributed by atoms with Crippen LogP contribution < -0.4 is 5.32 Å². The summed E-state index contributed by atoms with van der Waals surface area (Å²) in [6.07, 6.45) is 1.14. The molecule has 1 N–H and O–H groups in total. The highest BCUT2D eigenvalue weighted by Crippen LogP contribution is 2.32. The lowest BCUT2D eigenvalue weighted by atomic mass is 10.2. The van der Waals surface area contributed by atoms with Gasteiger partial charge >= 0.3 is 0 Å². The van der Waals surface area contributed by atoms with E-state index in [-0.39, 0.29) is 10.8 Å². The van der Waals surface area contributed by atoms with E-state index in [0.29, 0.717) is 25.1 Å². The normalized spacial score (nSPS) is 16.8. The van der Waals surface area contributed by atoms with Gasteiger partial charge in [0.1, 0.15) is 11.0 Å². The fourth-order valence-corrected chi connectivity index (χ4v) is 6.71. The number of carbonyl (C=O) groups is 1. The summed E-state index contributed by atoms with van der Waals surface area (Å²) in [5.74, 6) is -0.315. The third kappa shape index (κ3) is 4.29. The van der Waals surface area contributed by atoms with Gasteiger partial charge in [0.2, 0.25) is 15.9 Å². The van der Waals surface area contributed by atoms with Crippen LogP contribution in [0.5, 0.6) is 0 Å². The van der Waals surface area contributed by atoms with Crippen LogP contribution in [0.1, 0.15) is 18.4 Å². The van der Waals surface area contributed by atoms with Gasteiger partial charge in [0.05, 0.1) is 15.1 Å². The number of carbonyl (C=O) groups excluding carboxylic acids is 1. The van der Waals surface area contributed by atoms with E-state index in [1.54, 1.807) is 35.6 Å². The Hall–Kier alpha value is -3.07. The number of nitrogens with zero attached hydrogens (tertiary/aromatic N) is 2. The average Bonchev–Trinajstić information content (AvgIpc) is 3.47. The minimum Gasteiger partial charge on any atom is -0.325 e. The standard InChI is InChI=1S/C25H23N3O3S2/c1-17-11-13-20(14-12-17)33(30,31)28-15-5-9-22(28)24(29)26-19-7-4-6-18(16-19)25-27-21-8-2-3-10-23(21)32-25/h2-4,6-8,10-14,16,22H,5,9,15H2,1H3,(H,26,29). The van der Waals surface area contributed by atoms with Crippen molar-refractivity contribution >= 4 is 43.2 Å². The Labute approximate surface area is 197 Å². The molecule has 1 saturated heterocycles. The molecule has 1 fully saturated rings. The zero-order valence-corrected chi connectivity index (χ0v) is 19.7. The van der Waals surface area contributed by atoms with E-state index >= 15 is 0 Å². The van der Waals surface area contributed by atoms with Crippen molar-refractivity contribution in [1.29, 1.82) is 0 Å². The van der Waals surface area contributed by atoms with Crippen molar-refractivity contribution in [2.45, 2.75) is 30.7 Å². The molecule has 1 amide bonds. The molecular formula is C25H23N3O3S2. The monoisotopic (exact) mass is 477 g/mol. The van der Waals surface area contributed by atoms with Gasteiger partial charge in [0.15, 0.2) is 0 Å². The lowest BCUT2D eigenvalue weighted by molar-refractivity contribution is -0.119. The van der Waals surface area contributed by atoms with Gasteiger partial charge < -0.3 is 5.32 Å². The third-order valence-electron chi connectivity index (χ3n) is 5.80. The second-order valence-corrected chi connectivity index (χ2v) is 11.1. The molecule has 1 unspecified atom stereocenters. The van der Waals surface area contributed by atoms with Gasteiger partial charge in [0.25, 0.3) is 0 Å². The Morgan fingerprint density at radius 3 is 2.64 bits per heavy atom. The number of rotatable bonds is 5. The number of aromatic nitrogens is 1. The fraction of sp³-hybridized carbons (Fsp3) is 0.200. The highest BCUT2D eigenvalue weighted by molar-refractivity contribution is 7.89. The van der Waals surface area contributed by atoms with E-state index in [2.05, 4.69) is 10.3 Å². The molecule has 0 aliphatic carbocycles. The van der Waals surface area contributed by atoms with Gasteiger partial charge in [0, 0.05) is 17.8 Å². The predicted molar refractivity (Wildman–Crippen MR) is 132 cm³/mol. The Balaban J connectivity index is 1.37. The molecule has 6 nitrogen and oxygen atoms in total. The molecule has 1 aromatic heterocycles. The van der Waals surface area contributed by atoms with Gasteiger partial charge in [-0.25, -0.2) is 13.4 Å². The minimum atomic E-state index is -3.74. The van der Waals surface area contributed by atoms with Crippen LogP contribution >= 0.6 is 11.3 Å². The van der Waals surface area contributed by atoms with Crippen LogP contribution in [0.15, 0.2) is 77.7 Å². The maximum atomic E-state index is 13.2. The first-order valence-electron chi connectivity index (χ1n) is 10.8. The maximum Gasteiger partial charge on any atom is 0.243 e. The number of benzene rings is 3. The Kier molecular flexibility index (Phi) is 5.74. The van der Waals surface area contributed by atoms with Crippen molar-refractivity contribution in [3.63, 3.8) is 0 Å². The first kappa shape index (κ1) is 21.8. The van der Waals surface area contributed by atoms with Gasteiger partial charge in [-0.2, -0.15) is 4.31 Å². The molecule has 2 heterocycles. The zero-order chi connectivity index (χ0) is 23.0. The molecule has 1 aliphatic rings. The van der Waals surface area contributed by atoms with E-state index in [9.17, 15) is 13.2 Å². The minimum absolute atomic E-state index is 0.214. The summed E-state index contributed by atoms with van der Waals surface area (Å²) >= 11 is 1.59. The lowest BCUT2D eigenvalue weighted by Gasteiger charge is -2.23. The molecule has 0 bridgehead atoms. The van der Waals surface area contributed by atoms with E-state index in [0.717, 1.165) is 26.4 Å². The number of hydrogen-bond acceptors (Lipinski definition) is 5. The Morgan fingerprint density at radius 1 is 1.06 bits per heavy atom. The molecule has 0 saturated carbocycles. The topological polar surface area (TPSA) is 79.4 Å². The number of hydrogen-bond donors (Lipinski definition) is 1. The molecule has 1 atom stereocenters. The second kappa shape index (κ2) is 8.70. The molecular weight excluding hydrogens is 454 g/mol. The number of nitrogens with one attached hydrogen (secondary N) is 1. The Morgan fingerprint density at radius 2 is 1.85 bits per heavy atom. The molecule has 0 radical (unpaired) electrons. The van der Waals surface area contributed by atoms with Crippen LogP contribution in [0, 0.1) is 6.92 Å². The molecule has 33 heavy (non-hydrogen) atoms. The molecule has 5 rings (SSSR count). The van der Waals surface area contributed by atoms with Crippen molar-refractivity contribution in [1.82, 2.24) is 9.29 Å². The molecule has 3 aromatic carbocycles. The highest BCUT2D eigenvalue weighted by atomic mass is 32.2. The molecule has 4 aromatic rings. The van der Waals surface area contributed by atoms with Gasteiger partial charge in [-0.15, -0.1) is 11.3 Å². The zero-order valence-electron chi connectivity index (χ0n) is 18.1. The largest absolute Gasteiger partial charge is 0.325 e. The SMILES string of the molecule is Cc1ccc(S(=O)(=O)N2CCCC2C(=O)Nc2cccc(-c3nc4ccccc4s3)c2)cc1. The quantitative estimate of drug-likeness (QED) is 0.436. The van der Waals surface area contributed by atoms with E-state index in [1.165, 1.54) is 4.31 Å². The van der Waals surface area contributed by atoms with Crippen molar-refractivity contribution < 1.29 is 13.2 Å². The first-order valence-corrected chi connectivity index (χ1v) is 13.0. The third-order valence-corrected chi connectivity index (χ3v) is 8.81. The highest BCUT2D eigenvalue weighted by Gasteiger charge is 2.39. The first-order chi connectivity index (χ1) is 15.9. The summed E-state index contributed by atoms with van der Waals surface area (Å²) in [4.78, 5) is 18.0. The van der Waals surface area contributed by atoms with Crippen molar-refractivity contribution in [2.75, 3.05) is 11.9 Å². The summed E-state index contributed by atoms with van der Waals surface area (Å²) in [7, 11) is -3.74. The van der Waals surface area contributed by atoms with Crippen LogP contribution in [0.3, 0.4) is 0 Å². The van der Waals surface area contributed by atoms with Crippen LogP contribution in [-0.2, 0) is 14.8 Å². The lowest BCUT2D eigenvalue weighted by Crippen LogP contribution is -2.43. The van der Waals surface area contributed by atoms with Gasteiger partial charge in [-0.1, -0.05) is 42.0 Å². The number of para-hydroxylation sites is 1. The average molecular weight is 478 g/mol. The Bertz CT molecular complexity index is 1400. The van der Waals surface area contributed by atoms with Crippen molar-refractivity contribution in [3.05, 3.63) is 78.4 Å². The number of fused-ring (bicyclic) bond motifs is 1. The van der Waals surface area contributed by atoms with E-state index in [4.69, 9.17) is 0 Å². The summed E-state index contributed by atoms with van der Waals surface area (Å²) in [6.45, 7) is 2.24. The number of amides is 1. The summed E-state index contributed by atoms with van der Waals surface area (Å²) in [6, 6.07) is 21.5. The number of thiazole rings is 1. The molecule has 0 spiro atoms. The number of aryl methyl sites for hydroxylation is 1. The van der Waals surface area contributed by atoms with Crippen LogP contribution in [0.2, 0.25) is 0 Å². The molecule has 1 aliphatic heterocycles. The second-order valence-electron chi connectivity index (χ2n) is 8.14. The maximum absolute atomic E-state index is 13.2. The predicted octanol–water partition coefficient (Wildman–Crippen LogP) is 5.06. The fourth-order valence-electron chi connectivity index (χ4n) is 4.09. The van der Waals surface area contributed by atoms with Gasteiger partial charge in [-0.05, 0) is 56.2 Å². The summed E-state index contributed by atoms with van der Waals surface area (Å²) in [5.41, 5.74) is 3.45. The molecule has 168 valence electrons. The van der Waals surface area contributed by atoms with Gasteiger partial charge in [-0.3, -0.25) is 4.79 Å². The van der Waals surface area contributed by atoms with Crippen molar-refractivity contribution in [2.24, 2.45) is 0 Å². The van der Waals surface area contributed by atoms with Crippen LogP contribution in [0.4, 0.5) is 5.69 Å². The van der Waals surface area contributed by atoms with Crippen LogP contribution in [-0.4, -0.2) is 36.2 Å². The van der Waals surface area contributed by atoms with E-state index in [1.807, 2.05) is 55.5 Å². The van der Waals surface area contributed by atoms with Crippen LogP contribution in [0.25, 0.3) is 20.8 Å². The number of anilines is 1. The summed E-state index contributed by atoms with van der Waals surface area (Å²) < 4.78 is 28.8. The smallest absolute Gasteiger partial charge is 0.243 e. The number of sulfonamides is 1. The van der Waals surface area contributed by atoms with Crippen molar-refractivity contribution in [3.8, 4) is 10.6 Å². The van der Waals surface area contributed by atoms with E-state index < -0.39 is 16.1 Å². The molecule has 8 heteroatoms.